The third-order valence-corrected chi connectivity index (χ3v) is 5.10. The lowest BCUT2D eigenvalue weighted by Gasteiger charge is -2.12. The lowest BCUT2D eigenvalue weighted by Crippen LogP contribution is -2.03. The Kier molecular flexibility index (Phi) is 4.69. The molecule has 1 saturated carbocycles. The maximum Gasteiger partial charge on any atom is 0.143 e. The number of hydrogen-bond acceptors (Lipinski definition) is 4. The van der Waals surface area contributed by atoms with Gasteiger partial charge in [0.15, 0.2) is 0 Å². The first kappa shape index (κ1) is 16.8. The first-order chi connectivity index (χ1) is 12.7. The number of hydrogen-bond donors (Lipinski definition) is 0. The number of methoxy groups -OCH3 is 1. The van der Waals surface area contributed by atoms with Crippen LogP contribution in [0.1, 0.15) is 54.4 Å². The average Bonchev–Trinajstić information content (AvgIpc) is 3.34. The van der Waals surface area contributed by atoms with E-state index >= 15 is 0 Å². The molecule has 1 aromatic carbocycles. The van der Waals surface area contributed by atoms with Crippen molar-refractivity contribution in [1.82, 2.24) is 19.5 Å². The van der Waals surface area contributed by atoms with E-state index in [1.807, 2.05) is 23.9 Å². The summed E-state index contributed by atoms with van der Waals surface area (Å²) >= 11 is 0. The van der Waals surface area contributed by atoms with E-state index < -0.39 is 0 Å². The van der Waals surface area contributed by atoms with E-state index in [0.717, 1.165) is 28.5 Å². The number of ether oxygens (including phenoxy) is 1. The first-order valence-electron chi connectivity index (χ1n) is 9.22. The minimum Gasteiger partial charge on any atom is -0.495 e. The first-order valence-corrected chi connectivity index (χ1v) is 9.22. The van der Waals surface area contributed by atoms with Crippen LogP contribution in [0.3, 0.4) is 0 Å². The van der Waals surface area contributed by atoms with E-state index in [4.69, 9.17) is 9.72 Å². The second-order valence-electron chi connectivity index (χ2n) is 6.98. The lowest BCUT2D eigenvalue weighted by atomic mass is 10.0. The summed E-state index contributed by atoms with van der Waals surface area (Å²) in [6, 6.07) is 8.32. The average molecular weight is 348 g/mol. The Morgan fingerprint density at radius 3 is 2.73 bits per heavy atom. The third-order valence-electron chi connectivity index (χ3n) is 5.10. The highest BCUT2D eigenvalue weighted by Gasteiger charge is 2.18. The molecule has 3 aromatic rings. The Balaban J connectivity index is 1.58. The minimum absolute atomic E-state index is 0.609. The molecule has 0 saturated heterocycles. The van der Waals surface area contributed by atoms with Crippen molar-refractivity contribution in [3.63, 3.8) is 0 Å². The quantitative estimate of drug-likeness (QED) is 0.692. The molecule has 0 bridgehead atoms. The molecule has 1 aliphatic rings. The second kappa shape index (κ2) is 7.28. The molecular weight excluding hydrogens is 324 g/mol. The number of aromatic nitrogens is 4. The van der Waals surface area contributed by atoms with Crippen LogP contribution >= 0.6 is 0 Å². The molecule has 1 aliphatic carbocycles. The number of imidazole rings is 1. The monoisotopic (exact) mass is 348 g/mol. The molecular formula is C21H24N4O. The molecule has 2 aromatic heterocycles. The van der Waals surface area contributed by atoms with E-state index in [9.17, 15) is 0 Å². The second-order valence-corrected chi connectivity index (χ2v) is 6.98. The van der Waals surface area contributed by atoms with Crippen LogP contribution in [0.4, 0.5) is 0 Å². The Morgan fingerprint density at radius 1 is 1.15 bits per heavy atom. The lowest BCUT2D eigenvalue weighted by molar-refractivity contribution is 0.412. The number of aryl methyl sites for hydroxylation is 1. The Bertz CT molecular complexity index is 897. The molecule has 4 rings (SSSR count). The molecule has 0 unspecified atom stereocenters. The Labute approximate surface area is 154 Å². The van der Waals surface area contributed by atoms with Gasteiger partial charge < -0.3 is 9.30 Å². The van der Waals surface area contributed by atoms with Crippen LogP contribution in [-0.2, 0) is 6.42 Å². The van der Waals surface area contributed by atoms with E-state index in [1.165, 1.54) is 31.4 Å². The molecule has 26 heavy (non-hydrogen) atoms. The van der Waals surface area contributed by atoms with Gasteiger partial charge in [0.25, 0.3) is 0 Å². The maximum absolute atomic E-state index is 5.60. The van der Waals surface area contributed by atoms with Gasteiger partial charge in [0.2, 0.25) is 0 Å². The van der Waals surface area contributed by atoms with Gasteiger partial charge in [-0.1, -0.05) is 18.9 Å². The summed E-state index contributed by atoms with van der Waals surface area (Å²) in [6.45, 7) is 1.98. The SMILES string of the molecule is COc1cc(Cc2nccc(C3CCCC3)n2)ccc1-n1cnc(C)c1. The van der Waals surface area contributed by atoms with Crippen molar-refractivity contribution in [3.8, 4) is 11.4 Å². The normalized spacial score (nSPS) is 14.7. The van der Waals surface area contributed by atoms with Gasteiger partial charge in [0.1, 0.15) is 11.6 Å². The van der Waals surface area contributed by atoms with Crippen molar-refractivity contribution < 1.29 is 4.74 Å². The van der Waals surface area contributed by atoms with Gasteiger partial charge >= 0.3 is 0 Å². The molecule has 5 heteroatoms. The zero-order valence-electron chi connectivity index (χ0n) is 15.4. The molecule has 0 spiro atoms. The summed E-state index contributed by atoms with van der Waals surface area (Å²) in [7, 11) is 1.70. The highest BCUT2D eigenvalue weighted by atomic mass is 16.5. The van der Waals surface area contributed by atoms with E-state index in [-0.39, 0.29) is 0 Å². The van der Waals surface area contributed by atoms with Crippen LogP contribution in [0.25, 0.3) is 5.69 Å². The van der Waals surface area contributed by atoms with Crippen molar-refractivity contribution >= 4 is 0 Å². The van der Waals surface area contributed by atoms with Gasteiger partial charge in [-0.15, -0.1) is 0 Å². The fourth-order valence-electron chi connectivity index (χ4n) is 3.73. The number of rotatable bonds is 5. The third kappa shape index (κ3) is 3.47. The summed E-state index contributed by atoms with van der Waals surface area (Å²) < 4.78 is 7.58. The van der Waals surface area contributed by atoms with Gasteiger partial charge in [0.05, 0.1) is 24.8 Å². The molecule has 134 valence electrons. The zero-order chi connectivity index (χ0) is 17.9. The smallest absolute Gasteiger partial charge is 0.143 e. The predicted octanol–water partition coefficient (Wildman–Crippen LogP) is 4.23. The maximum atomic E-state index is 5.60. The molecule has 5 nitrogen and oxygen atoms in total. The summed E-state index contributed by atoms with van der Waals surface area (Å²) in [5.74, 6) is 2.31. The molecule has 0 radical (unpaired) electrons. The standard InChI is InChI=1S/C21H24N4O/c1-15-13-25(14-23-15)19-8-7-16(11-20(19)26-2)12-21-22-10-9-18(24-21)17-5-3-4-6-17/h7-11,13-14,17H,3-6,12H2,1-2H3. The molecule has 2 heterocycles. The van der Waals surface area contributed by atoms with Crippen molar-refractivity contribution in [2.24, 2.45) is 0 Å². The largest absolute Gasteiger partial charge is 0.495 e. The number of nitrogens with zero attached hydrogens (tertiary/aromatic N) is 4. The summed E-state index contributed by atoms with van der Waals surface area (Å²) in [5, 5.41) is 0. The van der Waals surface area contributed by atoms with Gasteiger partial charge in [-0.2, -0.15) is 0 Å². The predicted molar refractivity (Wildman–Crippen MR) is 101 cm³/mol. The zero-order valence-corrected chi connectivity index (χ0v) is 15.4. The van der Waals surface area contributed by atoms with E-state index in [1.54, 1.807) is 13.4 Å². The summed E-state index contributed by atoms with van der Waals surface area (Å²) in [5.41, 5.74) is 4.31. The van der Waals surface area contributed by atoms with Gasteiger partial charge in [-0.25, -0.2) is 15.0 Å². The fourth-order valence-corrected chi connectivity index (χ4v) is 3.73. The summed E-state index contributed by atoms with van der Waals surface area (Å²) in [4.78, 5) is 13.6. The molecule has 0 amide bonds. The van der Waals surface area contributed by atoms with E-state index in [2.05, 4.69) is 34.2 Å². The topological polar surface area (TPSA) is 52.8 Å². The Morgan fingerprint density at radius 2 is 2.00 bits per heavy atom. The number of benzene rings is 1. The van der Waals surface area contributed by atoms with Gasteiger partial charge in [-0.05, 0) is 43.5 Å². The van der Waals surface area contributed by atoms with E-state index in [0.29, 0.717) is 12.3 Å². The molecule has 0 atom stereocenters. The van der Waals surface area contributed by atoms with Gasteiger partial charge in [-0.3, -0.25) is 0 Å². The van der Waals surface area contributed by atoms with Crippen molar-refractivity contribution in [2.45, 2.75) is 44.9 Å². The molecule has 1 fully saturated rings. The highest BCUT2D eigenvalue weighted by Crippen LogP contribution is 2.33. The van der Waals surface area contributed by atoms with Crippen LogP contribution in [0.15, 0.2) is 43.0 Å². The van der Waals surface area contributed by atoms with Crippen molar-refractivity contribution in [2.75, 3.05) is 7.11 Å². The highest BCUT2D eigenvalue weighted by molar-refractivity contribution is 5.49. The van der Waals surface area contributed by atoms with Crippen LogP contribution in [0.2, 0.25) is 0 Å². The fraction of sp³-hybridized carbons (Fsp3) is 0.381. The van der Waals surface area contributed by atoms with Crippen molar-refractivity contribution in [3.05, 3.63) is 65.8 Å². The minimum atomic E-state index is 0.609. The summed E-state index contributed by atoms with van der Waals surface area (Å²) in [6.07, 6.45) is 11.5. The van der Waals surface area contributed by atoms with Gasteiger partial charge in [0, 0.05) is 30.4 Å². The van der Waals surface area contributed by atoms with Crippen LogP contribution in [-0.4, -0.2) is 26.6 Å². The molecule has 0 aliphatic heterocycles. The Hall–Kier alpha value is -2.69. The van der Waals surface area contributed by atoms with Crippen LogP contribution in [0, 0.1) is 6.92 Å². The van der Waals surface area contributed by atoms with Crippen LogP contribution in [0.5, 0.6) is 5.75 Å². The molecule has 0 N–H and O–H groups in total. The van der Waals surface area contributed by atoms with Crippen molar-refractivity contribution in [1.29, 1.82) is 0 Å². The van der Waals surface area contributed by atoms with Crippen LogP contribution < -0.4 is 4.74 Å².